The maximum atomic E-state index is 11.0. The highest BCUT2D eigenvalue weighted by molar-refractivity contribution is 5.61. The van der Waals surface area contributed by atoms with Crippen LogP contribution in [0.25, 0.3) is 0 Å². The number of hydrogen-bond donors (Lipinski definition) is 2. The van der Waals surface area contributed by atoms with Gasteiger partial charge in [-0.15, -0.1) is 0 Å². The Hall–Kier alpha value is -1.66. The molecule has 0 spiro atoms. The largest absolute Gasteiger partial charge is 0.379 e. The van der Waals surface area contributed by atoms with E-state index in [2.05, 4.69) is 15.5 Å². The maximum Gasteiger partial charge on any atom is 0.292 e. The van der Waals surface area contributed by atoms with E-state index in [9.17, 15) is 10.1 Å². The number of hydrogen-bond acceptors (Lipinski definition) is 5. The third-order valence-corrected chi connectivity index (χ3v) is 5.17. The van der Waals surface area contributed by atoms with Gasteiger partial charge in [-0.2, -0.15) is 0 Å². The van der Waals surface area contributed by atoms with Crippen molar-refractivity contribution in [1.82, 2.24) is 10.2 Å². The zero-order valence-electron chi connectivity index (χ0n) is 13.5. The van der Waals surface area contributed by atoms with Gasteiger partial charge in [0.15, 0.2) is 0 Å². The van der Waals surface area contributed by atoms with Gasteiger partial charge in [-0.05, 0) is 37.7 Å². The molecule has 6 nitrogen and oxygen atoms in total. The molecule has 0 unspecified atom stereocenters. The van der Waals surface area contributed by atoms with Crippen LogP contribution in [0.4, 0.5) is 11.4 Å². The van der Waals surface area contributed by atoms with Crippen LogP contribution in [0.1, 0.15) is 25.7 Å². The summed E-state index contributed by atoms with van der Waals surface area (Å²) in [6.07, 6.45) is 4.93. The lowest BCUT2D eigenvalue weighted by atomic mass is 9.85. The Kier molecular flexibility index (Phi) is 5.46. The molecule has 2 aliphatic rings. The first-order chi connectivity index (χ1) is 11.2. The van der Waals surface area contributed by atoms with Crippen LogP contribution in [-0.2, 0) is 0 Å². The normalized spacial score (nSPS) is 25.9. The van der Waals surface area contributed by atoms with Crippen LogP contribution in [0.5, 0.6) is 0 Å². The third-order valence-electron chi connectivity index (χ3n) is 5.17. The minimum Gasteiger partial charge on any atom is -0.379 e. The standard InChI is InChI=1S/C17H26N4O2/c22-21(23)17-4-2-1-3-16(17)19-13-14-5-7-15(8-6-14)20-11-9-18-10-12-20/h1-4,14-15,18-19H,5-13H2. The van der Waals surface area contributed by atoms with E-state index < -0.39 is 0 Å². The number of nitrogens with one attached hydrogen (secondary N) is 2. The predicted molar refractivity (Wildman–Crippen MR) is 91.8 cm³/mol. The minimum atomic E-state index is -0.316. The first kappa shape index (κ1) is 16.2. The lowest BCUT2D eigenvalue weighted by Crippen LogP contribution is -2.49. The monoisotopic (exact) mass is 318 g/mol. The lowest BCUT2D eigenvalue weighted by molar-refractivity contribution is -0.384. The van der Waals surface area contributed by atoms with Crippen molar-refractivity contribution >= 4 is 11.4 Å². The molecule has 1 aliphatic carbocycles. The fourth-order valence-corrected chi connectivity index (χ4v) is 3.80. The topological polar surface area (TPSA) is 70.4 Å². The van der Waals surface area contributed by atoms with Gasteiger partial charge >= 0.3 is 0 Å². The zero-order chi connectivity index (χ0) is 16.1. The van der Waals surface area contributed by atoms with Crippen molar-refractivity contribution in [3.05, 3.63) is 34.4 Å². The number of nitro groups is 1. The minimum absolute atomic E-state index is 0.169. The number of anilines is 1. The molecule has 1 saturated carbocycles. The highest BCUT2D eigenvalue weighted by Crippen LogP contribution is 2.29. The Balaban J connectivity index is 1.47. The summed E-state index contributed by atoms with van der Waals surface area (Å²) in [6, 6.07) is 7.65. The van der Waals surface area contributed by atoms with Gasteiger partial charge in [-0.25, -0.2) is 0 Å². The van der Waals surface area contributed by atoms with Crippen molar-refractivity contribution in [3.8, 4) is 0 Å². The second kappa shape index (κ2) is 7.75. The van der Waals surface area contributed by atoms with Crippen LogP contribution in [0.2, 0.25) is 0 Å². The van der Waals surface area contributed by atoms with Crippen molar-refractivity contribution in [3.63, 3.8) is 0 Å². The molecule has 0 radical (unpaired) electrons. The average molecular weight is 318 g/mol. The Morgan fingerprint density at radius 3 is 2.57 bits per heavy atom. The number of nitrogens with zero attached hydrogens (tertiary/aromatic N) is 2. The van der Waals surface area contributed by atoms with E-state index in [0.717, 1.165) is 25.7 Å². The highest BCUT2D eigenvalue weighted by atomic mass is 16.6. The van der Waals surface area contributed by atoms with E-state index in [1.807, 2.05) is 6.07 Å². The van der Waals surface area contributed by atoms with E-state index in [4.69, 9.17) is 0 Å². The van der Waals surface area contributed by atoms with Crippen molar-refractivity contribution < 1.29 is 4.92 Å². The number of piperazine rings is 1. The summed E-state index contributed by atoms with van der Waals surface area (Å²) in [4.78, 5) is 13.4. The van der Waals surface area contributed by atoms with E-state index >= 15 is 0 Å². The molecule has 0 aromatic heterocycles. The second-order valence-corrected chi connectivity index (χ2v) is 6.62. The summed E-state index contributed by atoms with van der Waals surface area (Å²) >= 11 is 0. The fraction of sp³-hybridized carbons (Fsp3) is 0.647. The molecule has 0 atom stereocenters. The summed E-state index contributed by atoms with van der Waals surface area (Å²) < 4.78 is 0. The SMILES string of the molecule is O=[N+]([O-])c1ccccc1NCC1CCC(N2CCNCC2)CC1. The first-order valence-corrected chi connectivity index (χ1v) is 8.66. The van der Waals surface area contributed by atoms with Crippen molar-refractivity contribution in [2.75, 3.05) is 38.0 Å². The predicted octanol–water partition coefficient (Wildman–Crippen LogP) is 2.47. The summed E-state index contributed by atoms with van der Waals surface area (Å²) in [6.45, 7) is 5.39. The van der Waals surface area contributed by atoms with E-state index in [1.54, 1.807) is 18.2 Å². The average Bonchev–Trinajstić information content (AvgIpc) is 2.61. The second-order valence-electron chi connectivity index (χ2n) is 6.62. The molecule has 1 aromatic carbocycles. The quantitative estimate of drug-likeness (QED) is 0.645. The van der Waals surface area contributed by atoms with Gasteiger partial charge in [0.1, 0.15) is 5.69 Å². The number of para-hydroxylation sites is 2. The molecule has 6 heteroatoms. The summed E-state index contributed by atoms with van der Waals surface area (Å²) in [5, 5.41) is 17.7. The van der Waals surface area contributed by atoms with Gasteiger partial charge in [-0.1, -0.05) is 12.1 Å². The highest BCUT2D eigenvalue weighted by Gasteiger charge is 2.26. The van der Waals surface area contributed by atoms with Crippen molar-refractivity contribution in [1.29, 1.82) is 0 Å². The van der Waals surface area contributed by atoms with Crippen molar-refractivity contribution in [2.45, 2.75) is 31.7 Å². The molecule has 3 rings (SSSR count). The van der Waals surface area contributed by atoms with E-state index in [0.29, 0.717) is 11.6 Å². The molecular formula is C17H26N4O2. The van der Waals surface area contributed by atoms with E-state index in [-0.39, 0.29) is 10.6 Å². The molecule has 2 N–H and O–H groups in total. The Morgan fingerprint density at radius 2 is 1.87 bits per heavy atom. The Morgan fingerprint density at radius 1 is 1.17 bits per heavy atom. The van der Waals surface area contributed by atoms with E-state index in [1.165, 1.54) is 38.8 Å². The van der Waals surface area contributed by atoms with Crippen LogP contribution in [0, 0.1) is 16.0 Å². The molecule has 1 heterocycles. The van der Waals surface area contributed by atoms with Crippen LogP contribution >= 0.6 is 0 Å². The van der Waals surface area contributed by atoms with Crippen LogP contribution in [-0.4, -0.2) is 48.6 Å². The molecular weight excluding hydrogens is 292 g/mol. The van der Waals surface area contributed by atoms with Gasteiger partial charge in [0.05, 0.1) is 4.92 Å². The molecule has 0 bridgehead atoms. The van der Waals surface area contributed by atoms with Gasteiger partial charge in [0.25, 0.3) is 5.69 Å². The molecule has 1 saturated heterocycles. The summed E-state index contributed by atoms with van der Waals surface area (Å²) in [7, 11) is 0. The molecule has 1 aliphatic heterocycles. The Labute approximate surface area is 137 Å². The molecule has 0 amide bonds. The number of nitro benzene ring substituents is 1. The molecule has 1 aromatic rings. The number of benzene rings is 1. The fourth-order valence-electron chi connectivity index (χ4n) is 3.80. The van der Waals surface area contributed by atoms with Gasteiger partial charge in [0, 0.05) is 44.8 Å². The summed E-state index contributed by atoms with van der Waals surface area (Å²) in [5.41, 5.74) is 0.809. The Bertz CT molecular complexity index is 523. The van der Waals surface area contributed by atoms with Crippen LogP contribution < -0.4 is 10.6 Å². The van der Waals surface area contributed by atoms with Crippen LogP contribution in [0.15, 0.2) is 24.3 Å². The van der Waals surface area contributed by atoms with Crippen LogP contribution in [0.3, 0.4) is 0 Å². The first-order valence-electron chi connectivity index (χ1n) is 8.66. The smallest absolute Gasteiger partial charge is 0.292 e. The molecule has 126 valence electrons. The zero-order valence-corrected chi connectivity index (χ0v) is 13.5. The molecule has 2 fully saturated rings. The van der Waals surface area contributed by atoms with Gasteiger partial charge < -0.3 is 10.6 Å². The van der Waals surface area contributed by atoms with Gasteiger partial charge in [-0.3, -0.25) is 15.0 Å². The maximum absolute atomic E-state index is 11.0. The van der Waals surface area contributed by atoms with Crippen molar-refractivity contribution in [2.24, 2.45) is 5.92 Å². The summed E-state index contributed by atoms with van der Waals surface area (Å²) in [5.74, 6) is 0.619. The third kappa shape index (κ3) is 4.20. The molecule has 23 heavy (non-hydrogen) atoms. The van der Waals surface area contributed by atoms with Gasteiger partial charge in [0.2, 0.25) is 0 Å². The number of rotatable bonds is 5. The lowest BCUT2D eigenvalue weighted by Gasteiger charge is -2.39.